The molecule has 1 N–H and O–H groups in total. The number of rotatable bonds is 6. The van der Waals surface area contributed by atoms with Crippen molar-refractivity contribution >= 4 is 15.9 Å². The number of piperidine rings is 1. The van der Waals surface area contributed by atoms with Crippen LogP contribution in [0.3, 0.4) is 0 Å². The topological polar surface area (TPSA) is 105 Å². The Kier molecular flexibility index (Phi) is 6.14. The molecule has 0 saturated carbocycles. The van der Waals surface area contributed by atoms with Crippen LogP contribution >= 0.6 is 0 Å². The molecule has 1 amide bonds. The molecule has 2 heterocycles. The van der Waals surface area contributed by atoms with Crippen LogP contribution in [0.2, 0.25) is 0 Å². The van der Waals surface area contributed by atoms with Crippen molar-refractivity contribution in [2.75, 3.05) is 13.1 Å². The normalized spacial score (nSPS) is 17.4. The maximum absolute atomic E-state index is 12.8. The summed E-state index contributed by atoms with van der Waals surface area (Å²) in [4.78, 5) is 16.4. The van der Waals surface area contributed by atoms with E-state index in [1.807, 2.05) is 13.8 Å². The van der Waals surface area contributed by atoms with E-state index in [0.29, 0.717) is 24.6 Å². The predicted octanol–water partition coefficient (Wildman–Crippen LogP) is 2.69. The first kappa shape index (κ1) is 20.5. The van der Waals surface area contributed by atoms with Crippen molar-refractivity contribution in [1.82, 2.24) is 19.8 Å². The van der Waals surface area contributed by atoms with Gasteiger partial charge in [0.05, 0.1) is 4.90 Å². The third-order valence-electron chi connectivity index (χ3n) is 5.10. The van der Waals surface area contributed by atoms with E-state index in [2.05, 4.69) is 22.4 Å². The summed E-state index contributed by atoms with van der Waals surface area (Å²) in [7, 11) is -3.50. The molecule has 1 aromatic heterocycles. The average molecular weight is 407 g/mol. The van der Waals surface area contributed by atoms with Gasteiger partial charge < -0.3 is 9.84 Å². The molecule has 3 rings (SSSR count). The number of nitrogens with one attached hydrogen (secondary N) is 1. The van der Waals surface area contributed by atoms with Crippen LogP contribution in [-0.2, 0) is 10.0 Å². The standard InChI is InChI=1S/C19H26N4O4S/c1-4-14(3)20-18(24)19-21-17(22-27-19)15-5-7-16(8-6-15)28(25,26)23-11-9-13(2)10-12-23/h5-8,13-14H,4,9-12H2,1-3H3,(H,20,24)/t14-/m1/s1. The van der Waals surface area contributed by atoms with Crippen molar-refractivity contribution in [2.24, 2.45) is 5.92 Å². The number of hydrogen-bond donors (Lipinski definition) is 1. The molecule has 1 atom stereocenters. The highest BCUT2D eigenvalue weighted by Crippen LogP contribution is 2.25. The van der Waals surface area contributed by atoms with Gasteiger partial charge in [0.1, 0.15) is 0 Å². The number of amides is 1. The maximum Gasteiger partial charge on any atom is 0.316 e. The third kappa shape index (κ3) is 4.41. The van der Waals surface area contributed by atoms with Gasteiger partial charge in [0.2, 0.25) is 15.8 Å². The van der Waals surface area contributed by atoms with E-state index in [-0.39, 0.29) is 22.7 Å². The fraction of sp³-hybridized carbons (Fsp3) is 0.526. The minimum absolute atomic E-state index is 0.00474. The summed E-state index contributed by atoms with van der Waals surface area (Å²) in [5, 5.41) is 6.58. The summed E-state index contributed by atoms with van der Waals surface area (Å²) < 4.78 is 32.1. The summed E-state index contributed by atoms with van der Waals surface area (Å²) in [6.07, 6.45) is 2.54. The highest BCUT2D eigenvalue weighted by Gasteiger charge is 2.28. The lowest BCUT2D eigenvalue weighted by Crippen LogP contribution is -2.37. The predicted molar refractivity (Wildman–Crippen MR) is 104 cm³/mol. The fourth-order valence-corrected chi connectivity index (χ4v) is 4.44. The van der Waals surface area contributed by atoms with Crippen molar-refractivity contribution < 1.29 is 17.7 Å². The number of carbonyl (C=O) groups excluding carboxylic acids is 1. The first-order valence-electron chi connectivity index (χ1n) is 9.56. The Morgan fingerprint density at radius 3 is 2.54 bits per heavy atom. The highest BCUT2D eigenvalue weighted by atomic mass is 32.2. The second-order valence-electron chi connectivity index (χ2n) is 7.32. The fourth-order valence-electron chi connectivity index (χ4n) is 2.97. The zero-order valence-corrected chi connectivity index (χ0v) is 17.2. The first-order chi connectivity index (χ1) is 13.3. The van der Waals surface area contributed by atoms with E-state index >= 15 is 0 Å². The smallest absolute Gasteiger partial charge is 0.316 e. The number of hydrogen-bond acceptors (Lipinski definition) is 6. The molecule has 0 spiro atoms. The quantitative estimate of drug-likeness (QED) is 0.791. The van der Waals surface area contributed by atoms with Crippen LogP contribution < -0.4 is 5.32 Å². The van der Waals surface area contributed by atoms with Crippen LogP contribution in [0.15, 0.2) is 33.7 Å². The van der Waals surface area contributed by atoms with Crippen LogP contribution in [0.25, 0.3) is 11.4 Å². The number of benzene rings is 1. The van der Waals surface area contributed by atoms with E-state index < -0.39 is 15.9 Å². The molecule has 1 aliphatic heterocycles. The van der Waals surface area contributed by atoms with Crippen molar-refractivity contribution in [3.05, 3.63) is 30.2 Å². The molecule has 1 aromatic carbocycles. The highest BCUT2D eigenvalue weighted by molar-refractivity contribution is 7.89. The lowest BCUT2D eigenvalue weighted by atomic mass is 10.0. The summed E-state index contributed by atoms with van der Waals surface area (Å²) in [5.74, 6) is 0.255. The molecule has 28 heavy (non-hydrogen) atoms. The van der Waals surface area contributed by atoms with E-state index in [1.165, 1.54) is 16.4 Å². The lowest BCUT2D eigenvalue weighted by Gasteiger charge is -2.29. The van der Waals surface area contributed by atoms with Crippen LogP contribution in [-0.4, -0.2) is 47.9 Å². The Labute approximate surface area is 165 Å². The molecule has 1 aliphatic rings. The lowest BCUT2D eigenvalue weighted by molar-refractivity contribution is 0.0895. The average Bonchev–Trinajstić information content (AvgIpc) is 3.18. The van der Waals surface area contributed by atoms with E-state index in [4.69, 9.17) is 4.52 Å². The molecule has 1 saturated heterocycles. The maximum atomic E-state index is 12.8. The first-order valence-corrected chi connectivity index (χ1v) is 11.0. The van der Waals surface area contributed by atoms with E-state index in [9.17, 15) is 13.2 Å². The summed E-state index contributed by atoms with van der Waals surface area (Å²) in [5.41, 5.74) is 0.581. The summed E-state index contributed by atoms with van der Waals surface area (Å²) in [6.45, 7) is 7.08. The SMILES string of the molecule is CC[C@@H](C)NC(=O)c1nc(-c2ccc(S(=O)(=O)N3CCC(C)CC3)cc2)no1. The molecular formula is C19H26N4O4S. The Morgan fingerprint density at radius 1 is 1.29 bits per heavy atom. The van der Waals surface area contributed by atoms with Crippen molar-refractivity contribution in [2.45, 2.75) is 51.0 Å². The molecule has 1 fully saturated rings. The largest absolute Gasteiger partial charge is 0.345 e. The van der Waals surface area contributed by atoms with Gasteiger partial charge in [-0.15, -0.1) is 0 Å². The zero-order chi connectivity index (χ0) is 20.3. The minimum Gasteiger partial charge on any atom is -0.345 e. The van der Waals surface area contributed by atoms with Gasteiger partial charge in [0.15, 0.2) is 0 Å². The Hall–Kier alpha value is -2.26. The van der Waals surface area contributed by atoms with Crippen LogP contribution in [0, 0.1) is 5.92 Å². The summed E-state index contributed by atoms with van der Waals surface area (Å²) in [6, 6.07) is 6.34. The Morgan fingerprint density at radius 2 is 1.93 bits per heavy atom. The van der Waals surface area contributed by atoms with Gasteiger partial charge in [0.25, 0.3) is 0 Å². The van der Waals surface area contributed by atoms with E-state index in [0.717, 1.165) is 19.3 Å². The molecule has 9 heteroatoms. The number of carbonyl (C=O) groups is 1. The van der Waals surface area contributed by atoms with Gasteiger partial charge in [-0.2, -0.15) is 9.29 Å². The number of sulfonamides is 1. The second-order valence-corrected chi connectivity index (χ2v) is 9.25. The Bertz CT molecular complexity index is 916. The minimum atomic E-state index is -3.50. The van der Waals surface area contributed by atoms with Gasteiger partial charge in [-0.3, -0.25) is 4.79 Å². The van der Waals surface area contributed by atoms with Crippen LogP contribution in [0.4, 0.5) is 0 Å². The van der Waals surface area contributed by atoms with Crippen molar-refractivity contribution in [3.63, 3.8) is 0 Å². The third-order valence-corrected chi connectivity index (χ3v) is 7.02. The van der Waals surface area contributed by atoms with Crippen molar-refractivity contribution in [1.29, 1.82) is 0 Å². The molecule has 0 unspecified atom stereocenters. The molecule has 2 aromatic rings. The van der Waals surface area contributed by atoms with Gasteiger partial charge in [-0.05, 0) is 56.4 Å². The molecule has 0 aliphatic carbocycles. The number of aromatic nitrogens is 2. The van der Waals surface area contributed by atoms with E-state index in [1.54, 1.807) is 12.1 Å². The summed E-state index contributed by atoms with van der Waals surface area (Å²) >= 11 is 0. The molecule has 0 radical (unpaired) electrons. The van der Waals surface area contributed by atoms with Gasteiger partial charge in [-0.25, -0.2) is 8.42 Å². The van der Waals surface area contributed by atoms with Gasteiger partial charge in [0, 0.05) is 24.7 Å². The van der Waals surface area contributed by atoms with Gasteiger partial charge >= 0.3 is 11.8 Å². The van der Waals surface area contributed by atoms with Crippen LogP contribution in [0.5, 0.6) is 0 Å². The molecular weight excluding hydrogens is 380 g/mol. The Balaban J connectivity index is 1.73. The van der Waals surface area contributed by atoms with Gasteiger partial charge in [-0.1, -0.05) is 19.0 Å². The number of nitrogens with zero attached hydrogens (tertiary/aromatic N) is 3. The molecule has 8 nitrogen and oxygen atoms in total. The molecule has 0 bridgehead atoms. The second kappa shape index (κ2) is 8.40. The molecule has 152 valence electrons. The monoisotopic (exact) mass is 406 g/mol. The zero-order valence-electron chi connectivity index (χ0n) is 16.4. The van der Waals surface area contributed by atoms with Crippen LogP contribution in [0.1, 0.15) is 50.7 Å². The van der Waals surface area contributed by atoms with Crippen molar-refractivity contribution in [3.8, 4) is 11.4 Å².